The molecule has 0 bridgehead atoms. The van der Waals surface area contributed by atoms with E-state index in [4.69, 9.17) is 8.92 Å². The Balaban J connectivity index is 2.15. The number of ether oxygens (including phenoxy) is 1. The summed E-state index contributed by atoms with van der Waals surface area (Å²) in [6, 6.07) is 13.5. The van der Waals surface area contributed by atoms with Gasteiger partial charge in [-0.25, -0.2) is 0 Å². The molecule has 2 N–H and O–H groups in total. The first kappa shape index (κ1) is 24.2. The van der Waals surface area contributed by atoms with E-state index in [1.54, 1.807) is 43.3 Å². The summed E-state index contributed by atoms with van der Waals surface area (Å²) < 4.78 is 35.3. The molecule has 0 fully saturated rings. The van der Waals surface area contributed by atoms with Crippen LogP contribution in [0.2, 0.25) is 0 Å². The Hall–Kier alpha value is -3.45. The van der Waals surface area contributed by atoms with Gasteiger partial charge in [0, 0.05) is 11.1 Å². The average molecular weight is 469 g/mol. The first-order valence-electron chi connectivity index (χ1n) is 10.4. The lowest BCUT2D eigenvalue weighted by Gasteiger charge is -2.19. The van der Waals surface area contributed by atoms with Crippen LogP contribution in [0, 0.1) is 13.8 Å². The molecule has 0 aliphatic carbocycles. The quantitative estimate of drug-likeness (QED) is 0.340. The van der Waals surface area contributed by atoms with Crippen LogP contribution in [0.4, 0.5) is 0 Å². The van der Waals surface area contributed by atoms with Gasteiger partial charge in [-0.05, 0) is 80.3 Å². The van der Waals surface area contributed by atoms with Gasteiger partial charge in [0.15, 0.2) is 17.2 Å². The molecule has 0 aromatic heterocycles. The van der Waals surface area contributed by atoms with Crippen molar-refractivity contribution >= 4 is 10.1 Å². The van der Waals surface area contributed by atoms with Crippen molar-refractivity contribution in [3.63, 3.8) is 0 Å². The van der Waals surface area contributed by atoms with Gasteiger partial charge in [-0.2, -0.15) is 8.42 Å². The van der Waals surface area contributed by atoms with Crippen LogP contribution in [-0.4, -0.2) is 31.5 Å². The first-order chi connectivity index (χ1) is 15.5. The third-order valence-electron chi connectivity index (χ3n) is 5.12. The Morgan fingerprint density at radius 2 is 1.61 bits per heavy atom. The van der Waals surface area contributed by atoms with Crippen LogP contribution in [0.15, 0.2) is 60.2 Å². The summed E-state index contributed by atoms with van der Waals surface area (Å²) in [5.41, 5.74) is 5.23. The lowest BCUT2D eigenvalue weighted by atomic mass is 9.90. The van der Waals surface area contributed by atoms with E-state index < -0.39 is 10.1 Å². The molecular formula is C26H28O6S. The van der Waals surface area contributed by atoms with Crippen molar-refractivity contribution in [2.75, 3.05) is 12.9 Å². The molecule has 0 heterocycles. The van der Waals surface area contributed by atoms with Gasteiger partial charge in [0.05, 0.1) is 6.26 Å². The summed E-state index contributed by atoms with van der Waals surface area (Å²) in [5, 5.41) is 20.1. The van der Waals surface area contributed by atoms with Crippen LogP contribution in [0.1, 0.15) is 25.0 Å². The molecule has 0 radical (unpaired) electrons. The van der Waals surface area contributed by atoms with E-state index in [1.165, 1.54) is 6.07 Å². The summed E-state index contributed by atoms with van der Waals surface area (Å²) >= 11 is 0. The molecule has 3 rings (SSSR count). The maximum Gasteiger partial charge on any atom is 0.306 e. The second kappa shape index (κ2) is 9.58. The predicted octanol–water partition coefficient (Wildman–Crippen LogP) is 5.73. The molecule has 0 aliphatic heterocycles. The Kier molecular flexibility index (Phi) is 7.03. The second-order valence-corrected chi connectivity index (χ2v) is 9.75. The molecule has 0 amide bonds. The monoisotopic (exact) mass is 468 g/mol. The predicted molar refractivity (Wildman–Crippen MR) is 131 cm³/mol. The molecule has 0 unspecified atom stereocenters. The smallest absolute Gasteiger partial charge is 0.306 e. The number of aromatic hydroxyl groups is 2. The molecule has 0 saturated heterocycles. The summed E-state index contributed by atoms with van der Waals surface area (Å²) in [5.74, 6) is 0.606. The lowest BCUT2D eigenvalue weighted by Crippen LogP contribution is -2.09. The standard InChI is InChI=1S/C26H28O6S/c1-16(2)12-13-31-24-11-8-20(15-23(24)28)25-17(3)14-22(19-6-9-21(27)10-7-19)18(4)26(25)32-33(5,29)30/h6-12,14-15,27-28H,13H2,1-5H3. The minimum absolute atomic E-state index is 0.0559. The number of allylic oxidation sites excluding steroid dienone is 1. The van der Waals surface area contributed by atoms with Crippen LogP contribution in [-0.2, 0) is 10.1 Å². The van der Waals surface area contributed by atoms with Crippen molar-refractivity contribution in [3.05, 3.63) is 71.3 Å². The van der Waals surface area contributed by atoms with E-state index in [0.717, 1.165) is 28.5 Å². The number of phenols is 2. The van der Waals surface area contributed by atoms with Crippen molar-refractivity contribution in [1.29, 1.82) is 0 Å². The van der Waals surface area contributed by atoms with E-state index >= 15 is 0 Å². The third kappa shape index (κ3) is 5.87. The summed E-state index contributed by atoms with van der Waals surface area (Å²) in [4.78, 5) is 0. The van der Waals surface area contributed by atoms with Gasteiger partial charge in [0.1, 0.15) is 12.4 Å². The molecule has 3 aromatic carbocycles. The highest BCUT2D eigenvalue weighted by molar-refractivity contribution is 7.86. The highest BCUT2D eigenvalue weighted by Crippen LogP contribution is 2.44. The highest BCUT2D eigenvalue weighted by Gasteiger charge is 2.21. The summed E-state index contributed by atoms with van der Waals surface area (Å²) in [6.07, 6.45) is 2.90. The second-order valence-electron chi connectivity index (χ2n) is 8.18. The van der Waals surface area contributed by atoms with Crippen LogP contribution < -0.4 is 8.92 Å². The number of hydrogen-bond acceptors (Lipinski definition) is 6. The lowest BCUT2D eigenvalue weighted by molar-refractivity contribution is 0.335. The fourth-order valence-electron chi connectivity index (χ4n) is 3.53. The Morgan fingerprint density at radius 1 is 0.970 bits per heavy atom. The van der Waals surface area contributed by atoms with Crippen molar-refractivity contribution in [3.8, 4) is 45.3 Å². The molecule has 0 aliphatic rings. The highest BCUT2D eigenvalue weighted by atomic mass is 32.2. The van der Waals surface area contributed by atoms with E-state index in [9.17, 15) is 18.6 Å². The zero-order valence-electron chi connectivity index (χ0n) is 19.3. The van der Waals surface area contributed by atoms with Gasteiger partial charge in [-0.3, -0.25) is 0 Å². The third-order valence-corrected chi connectivity index (χ3v) is 5.59. The van der Waals surface area contributed by atoms with Gasteiger partial charge in [0.2, 0.25) is 0 Å². The molecule has 7 heteroatoms. The SMILES string of the molecule is CC(C)=CCOc1ccc(-c2c(C)cc(-c3ccc(O)cc3)c(C)c2OS(C)(=O)=O)cc1O. The molecule has 174 valence electrons. The first-order valence-corrected chi connectivity index (χ1v) is 12.2. The fraction of sp³-hybridized carbons (Fsp3) is 0.231. The van der Waals surface area contributed by atoms with Crippen LogP contribution in [0.25, 0.3) is 22.3 Å². The normalized spacial score (nSPS) is 11.2. The topological polar surface area (TPSA) is 93.1 Å². The average Bonchev–Trinajstić information content (AvgIpc) is 2.71. The number of rotatable bonds is 7. The van der Waals surface area contributed by atoms with E-state index in [2.05, 4.69) is 0 Å². The van der Waals surface area contributed by atoms with E-state index in [-0.39, 0.29) is 17.2 Å². The van der Waals surface area contributed by atoms with Crippen molar-refractivity contribution in [1.82, 2.24) is 0 Å². The van der Waals surface area contributed by atoms with Gasteiger partial charge >= 0.3 is 10.1 Å². The Labute approximate surface area is 194 Å². The summed E-state index contributed by atoms with van der Waals surface area (Å²) in [6.45, 7) is 7.88. The van der Waals surface area contributed by atoms with Crippen LogP contribution in [0.5, 0.6) is 23.0 Å². The van der Waals surface area contributed by atoms with Crippen molar-refractivity contribution in [2.24, 2.45) is 0 Å². The Morgan fingerprint density at radius 3 is 2.18 bits per heavy atom. The van der Waals surface area contributed by atoms with Crippen LogP contribution >= 0.6 is 0 Å². The molecule has 33 heavy (non-hydrogen) atoms. The molecule has 0 spiro atoms. The van der Waals surface area contributed by atoms with E-state index in [0.29, 0.717) is 29.0 Å². The summed E-state index contributed by atoms with van der Waals surface area (Å²) in [7, 11) is -3.82. The minimum atomic E-state index is -3.82. The van der Waals surface area contributed by atoms with Gasteiger partial charge in [-0.1, -0.05) is 29.8 Å². The zero-order valence-corrected chi connectivity index (χ0v) is 20.2. The van der Waals surface area contributed by atoms with Gasteiger partial charge in [-0.15, -0.1) is 0 Å². The van der Waals surface area contributed by atoms with Crippen molar-refractivity contribution < 1.29 is 27.6 Å². The molecular weight excluding hydrogens is 440 g/mol. The van der Waals surface area contributed by atoms with E-state index in [1.807, 2.05) is 32.9 Å². The maximum atomic E-state index is 12.1. The molecule has 3 aromatic rings. The molecule has 0 atom stereocenters. The van der Waals surface area contributed by atoms with Crippen LogP contribution in [0.3, 0.4) is 0 Å². The number of hydrogen-bond donors (Lipinski definition) is 2. The minimum Gasteiger partial charge on any atom is -0.508 e. The molecule has 0 saturated carbocycles. The maximum absolute atomic E-state index is 12.1. The number of benzene rings is 3. The number of phenolic OH excluding ortho intramolecular Hbond substituents is 2. The van der Waals surface area contributed by atoms with Crippen molar-refractivity contribution in [2.45, 2.75) is 27.7 Å². The zero-order chi connectivity index (χ0) is 24.3. The Bertz CT molecular complexity index is 1300. The van der Waals surface area contributed by atoms with Gasteiger partial charge < -0.3 is 19.1 Å². The number of aryl methyl sites for hydroxylation is 1. The fourth-order valence-corrected chi connectivity index (χ4v) is 4.05. The molecule has 6 nitrogen and oxygen atoms in total. The van der Waals surface area contributed by atoms with Gasteiger partial charge in [0.25, 0.3) is 0 Å². The largest absolute Gasteiger partial charge is 0.508 e.